The van der Waals surface area contributed by atoms with E-state index in [0.717, 1.165) is 12.8 Å². The number of rotatable bonds is 9. The Morgan fingerprint density at radius 1 is 0.933 bits per heavy atom. The second-order valence-electron chi connectivity index (χ2n) is 9.27. The van der Waals surface area contributed by atoms with Gasteiger partial charge in [-0.25, -0.2) is 0 Å². The first-order chi connectivity index (χ1) is 14.4. The van der Waals surface area contributed by atoms with Crippen molar-refractivity contribution in [1.29, 1.82) is 0 Å². The molecule has 0 unspecified atom stereocenters. The smallest absolute Gasteiger partial charge is 0.261 e. The van der Waals surface area contributed by atoms with Gasteiger partial charge in [0.1, 0.15) is 6.79 Å². The lowest BCUT2D eigenvalue weighted by Gasteiger charge is -2.44. The van der Waals surface area contributed by atoms with E-state index in [1.54, 1.807) is 7.11 Å². The van der Waals surface area contributed by atoms with Crippen molar-refractivity contribution in [3.05, 3.63) is 60.7 Å². The average Bonchev–Trinajstić information content (AvgIpc) is 3.15. The van der Waals surface area contributed by atoms with Crippen LogP contribution in [0, 0.1) is 11.8 Å². The van der Waals surface area contributed by atoms with E-state index in [1.165, 1.54) is 10.4 Å². The number of benzene rings is 2. The van der Waals surface area contributed by atoms with Gasteiger partial charge in [0.15, 0.2) is 0 Å². The molecule has 0 bridgehead atoms. The maximum atomic E-state index is 10.1. The van der Waals surface area contributed by atoms with Gasteiger partial charge in [0.05, 0.1) is 6.10 Å². The molecule has 1 aliphatic carbocycles. The van der Waals surface area contributed by atoms with Gasteiger partial charge in [-0.1, -0.05) is 81.4 Å². The molecule has 3 atom stereocenters. The Morgan fingerprint density at radius 3 is 1.97 bits per heavy atom. The zero-order valence-electron chi connectivity index (χ0n) is 18.7. The van der Waals surface area contributed by atoms with Crippen LogP contribution in [0.2, 0.25) is 5.04 Å². The second-order valence-corrected chi connectivity index (χ2v) is 13.6. The normalized spacial score (nSPS) is 22.4. The second kappa shape index (κ2) is 10.2. The van der Waals surface area contributed by atoms with Crippen LogP contribution in [0.3, 0.4) is 0 Å². The number of ether oxygens (including phenoxy) is 2. The molecule has 4 nitrogen and oxygen atoms in total. The highest BCUT2D eigenvalue weighted by Gasteiger charge is 2.51. The first-order valence-corrected chi connectivity index (χ1v) is 12.8. The molecule has 0 saturated heterocycles. The minimum Gasteiger partial charge on any atom is -0.407 e. The number of hydrogen-bond acceptors (Lipinski definition) is 4. The number of hydrogen-bond donors (Lipinski definition) is 1. The Kier molecular flexibility index (Phi) is 7.88. The minimum atomic E-state index is -2.55. The molecule has 0 heterocycles. The molecule has 0 radical (unpaired) electrons. The first kappa shape index (κ1) is 23.2. The number of methoxy groups -OCH3 is 1. The summed E-state index contributed by atoms with van der Waals surface area (Å²) in [4.78, 5) is 0. The summed E-state index contributed by atoms with van der Waals surface area (Å²) in [7, 11) is -0.922. The zero-order valence-corrected chi connectivity index (χ0v) is 19.7. The fraction of sp³-hybridized carbons (Fsp3) is 0.520. The number of aliphatic hydroxyl groups excluding tert-OH is 1. The SMILES string of the molecule is COCO[C@H]1CC[C@@H](CO[Si](c2ccccc2)(c2ccccc2)C(C)(C)C)[C@H]1CO. The van der Waals surface area contributed by atoms with Gasteiger partial charge in [-0.15, -0.1) is 0 Å². The van der Waals surface area contributed by atoms with Crippen LogP contribution in [-0.2, 0) is 13.9 Å². The highest BCUT2D eigenvalue weighted by atomic mass is 28.4. The summed E-state index contributed by atoms with van der Waals surface area (Å²) in [5, 5.41) is 12.6. The van der Waals surface area contributed by atoms with Crippen LogP contribution < -0.4 is 10.4 Å². The molecule has 164 valence electrons. The molecule has 2 aromatic carbocycles. The Morgan fingerprint density at radius 2 is 1.50 bits per heavy atom. The molecule has 30 heavy (non-hydrogen) atoms. The molecule has 1 aliphatic rings. The van der Waals surface area contributed by atoms with Gasteiger partial charge in [0.25, 0.3) is 8.32 Å². The van der Waals surface area contributed by atoms with Gasteiger partial charge in [-0.05, 0) is 34.2 Å². The van der Waals surface area contributed by atoms with Crippen LogP contribution >= 0.6 is 0 Å². The van der Waals surface area contributed by atoms with Crippen molar-refractivity contribution >= 4 is 18.7 Å². The molecule has 1 fully saturated rings. The van der Waals surface area contributed by atoms with E-state index in [1.807, 2.05) is 0 Å². The molecule has 0 aliphatic heterocycles. The van der Waals surface area contributed by atoms with Crippen LogP contribution in [0.4, 0.5) is 0 Å². The van der Waals surface area contributed by atoms with Crippen molar-refractivity contribution < 1.29 is 19.0 Å². The van der Waals surface area contributed by atoms with Gasteiger partial charge in [-0.2, -0.15) is 0 Å². The fourth-order valence-corrected chi connectivity index (χ4v) is 9.56. The molecule has 1 N–H and O–H groups in total. The van der Waals surface area contributed by atoms with E-state index >= 15 is 0 Å². The van der Waals surface area contributed by atoms with E-state index < -0.39 is 8.32 Å². The van der Waals surface area contributed by atoms with Crippen molar-refractivity contribution in [2.75, 3.05) is 27.1 Å². The van der Waals surface area contributed by atoms with E-state index in [-0.39, 0.29) is 36.4 Å². The van der Waals surface area contributed by atoms with Crippen LogP contribution in [0.25, 0.3) is 0 Å². The van der Waals surface area contributed by atoms with Crippen molar-refractivity contribution in [1.82, 2.24) is 0 Å². The highest BCUT2D eigenvalue weighted by Crippen LogP contribution is 2.39. The maximum absolute atomic E-state index is 10.1. The third-order valence-electron chi connectivity index (χ3n) is 6.45. The van der Waals surface area contributed by atoms with E-state index in [0.29, 0.717) is 6.61 Å². The lowest BCUT2D eigenvalue weighted by Crippen LogP contribution is -2.67. The zero-order chi connectivity index (χ0) is 21.6. The molecule has 2 aromatic rings. The highest BCUT2D eigenvalue weighted by molar-refractivity contribution is 6.99. The van der Waals surface area contributed by atoms with Gasteiger partial charge in [0.2, 0.25) is 0 Å². The van der Waals surface area contributed by atoms with Crippen molar-refractivity contribution in [2.24, 2.45) is 11.8 Å². The predicted molar refractivity (Wildman–Crippen MR) is 124 cm³/mol. The van der Waals surface area contributed by atoms with Crippen LogP contribution in [0.15, 0.2) is 60.7 Å². The van der Waals surface area contributed by atoms with Gasteiger partial charge < -0.3 is 19.0 Å². The maximum Gasteiger partial charge on any atom is 0.261 e. The molecular formula is C25H36O4Si. The molecule has 1 saturated carbocycles. The molecule has 0 amide bonds. The molecule has 0 spiro atoms. The largest absolute Gasteiger partial charge is 0.407 e. The molecular weight excluding hydrogens is 392 g/mol. The molecule has 3 rings (SSSR count). The lowest BCUT2D eigenvalue weighted by atomic mass is 9.97. The van der Waals surface area contributed by atoms with E-state index in [4.69, 9.17) is 13.9 Å². The summed E-state index contributed by atoms with van der Waals surface area (Å²) < 4.78 is 18.0. The summed E-state index contributed by atoms with van der Waals surface area (Å²) >= 11 is 0. The number of aliphatic hydroxyl groups is 1. The minimum absolute atomic E-state index is 0.0303. The van der Waals surface area contributed by atoms with Crippen LogP contribution in [0.5, 0.6) is 0 Å². The van der Waals surface area contributed by atoms with Crippen LogP contribution in [0.1, 0.15) is 33.6 Å². The standard InChI is InChI=1S/C25H36O4Si/c1-25(2,3)30(21-11-7-5-8-12-21,22-13-9-6-10-14-22)29-18-20-15-16-24(23(20)17-26)28-19-27-4/h5-14,20,23-24,26H,15-19H2,1-4H3/t20-,23+,24-/m0/s1. The lowest BCUT2D eigenvalue weighted by molar-refractivity contribution is -0.0939. The Balaban J connectivity index is 1.92. The third-order valence-corrected chi connectivity index (χ3v) is 11.5. The summed E-state index contributed by atoms with van der Waals surface area (Å²) in [5.74, 6) is 0.358. The summed E-state index contributed by atoms with van der Waals surface area (Å²) in [5.41, 5.74) is 0. The summed E-state index contributed by atoms with van der Waals surface area (Å²) in [6.07, 6.45) is 1.96. The first-order valence-electron chi connectivity index (χ1n) is 10.9. The average molecular weight is 429 g/mol. The van der Waals surface area contributed by atoms with Gasteiger partial charge >= 0.3 is 0 Å². The topological polar surface area (TPSA) is 47.9 Å². The van der Waals surface area contributed by atoms with Gasteiger partial charge in [0, 0.05) is 26.2 Å². The van der Waals surface area contributed by atoms with E-state index in [2.05, 4.69) is 81.4 Å². The monoisotopic (exact) mass is 428 g/mol. The van der Waals surface area contributed by atoms with E-state index in [9.17, 15) is 5.11 Å². The van der Waals surface area contributed by atoms with Crippen molar-refractivity contribution in [3.8, 4) is 0 Å². The van der Waals surface area contributed by atoms with Crippen molar-refractivity contribution in [2.45, 2.75) is 44.8 Å². The van der Waals surface area contributed by atoms with Crippen molar-refractivity contribution in [3.63, 3.8) is 0 Å². The van der Waals surface area contributed by atoms with Crippen LogP contribution in [-0.4, -0.2) is 46.6 Å². The van der Waals surface area contributed by atoms with Gasteiger partial charge in [-0.3, -0.25) is 0 Å². The predicted octanol–water partition coefficient (Wildman–Crippen LogP) is 3.57. The Hall–Kier alpha value is -1.50. The summed E-state index contributed by atoms with van der Waals surface area (Å²) in [6.45, 7) is 7.89. The summed E-state index contributed by atoms with van der Waals surface area (Å²) in [6, 6.07) is 21.4. The Bertz CT molecular complexity index is 720. The molecule has 5 heteroatoms. The molecule has 0 aromatic heterocycles. The third kappa shape index (κ3) is 4.71. The quantitative estimate of drug-likeness (QED) is 0.490. The fourth-order valence-electron chi connectivity index (χ4n) is 4.94. The Labute approximate surface area is 182 Å².